The molecule has 0 amide bonds. The van der Waals surface area contributed by atoms with E-state index in [9.17, 15) is 4.79 Å². The Morgan fingerprint density at radius 1 is 1.62 bits per heavy atom. The molecule has 5 heteroatoms. The van der Waals surface area contributed by atoms with Crippen LogP contribution in [-0.2, 0) is 0 Å². The van der Waals surface area contributed by atoms with E-state index in [1.807, 2.05) is 0 Å². The fourth-order valence-corrected chi connectivity index (χ4v) is 1.22. The molecule has 0 bridgehead atoms. The van der Waals surface area contributed by atoms with Crippen LogP contribution in [0.1, 0.15) is 17.4 Å². The molecule has 2 aromatic heterocycles. The van der Waals surface area contributed by atoms with Crippen molar-refractivity contribution < 1.29 is 4.79 Å². The quantitative estimate of drug-likeness (QED) is 0.513. The third kappa shape index (κ3) is 1.29. The van der Waals surface area contributed by atoms with Crippen LogP contribution < -0.4 is 0 Å². The van der Waals surface area contributed by atoms with E-state index in [2.05, 4.69) is 10.1 Å². The summed E-state index contributed by atoms with van der Waals surface area (Å²) in [4.78, 5) is 15.0. The molecule has 0 aliphatic rings. The fraction of sp³-hybridized carbons (Fsp3) is 0.125. The number of aromatic nitrogens is 3. The van der Waals surface area contributed by atoms with E-state index < -0.39 is 0 Å². The second-order valence-corrected chi connectivity index (χ2v) is 3.01. The maximum atomic E-state index is 11.0. The van der Waals surface area contributed by atoms with Gasteiger partial charge >= 0.3 is 0 Å². The molecule has 0 spiro atoms. The average molecular weight is 196 g/mol. The summed E-state index contributed by atoms with van der Waals surface area (Å²) in [5.74, 6) is -0.0958. The summed E-state index contributed by atoms with van der Waals surface area (Å²) < 4.78 is 1.43. The number of rotatable bonds is 1. The molecule has 2 aromatic rings. The number of hydrogen-bond acceptors (Lipinski definition) is 3. The van der Waals surface area contributed by atoms with E-state index in [4.69, 9.17) is 11.6 Å². The van der Waals surface area contributed by atoms with E-state index in [-0.39, 0.29) is 5.78 Å². The van der Waals surface area contributed by atoms with Crippen LogP contribution in [0.15, 0.2) is 18.3 Å². The summed E-state index contributed by atoms with van der Waals surface area (Å²) in [6.07, 6.45) is 1.57. The van der Waals surface area contributed by atoms with Crippen molar-refractivity contribution in [2.24, 2.45) is 0 Å². The smallest absolute Gasteiger partial charge is 0.180 e. The zero-order valence-corrected chi connectivity index (χ0v) is 7.62. The molecule has 66 valence electrons. The molecule has 2 rings (SSSR count). The molecule has 0 aliphatic heterocycles. The van der Waals surface area contributed by atoms with E-state index >= 15 is 0 Å². The third-order valence-corrected chi connectivity index (χ3v) is 1.96. The minimum Gasteiger partial charge on any atom is -0.293 e. The van der Waals surface area contributed by atoms with E-state index in [1.54, 1.807) is 18.3 Å². The number of carbonyl (C=O) groups is 1. The molecule has 0 N–H and O–H groups in total. The molecular formula is C8H6ClN3O. The lowest BCUT2D eigenvalue weighted by molar-refractivity contribution is 0.101. The van der Waals surface area contributed by atoms with Crippen molar-refractivity contribution in [3.05, 3.63) is 29.2 Å². The van der Waals surface area contributed by atoms with Gasteiger partial charge in [0.15, 0.2) is 11.4 Å². The Kier molecular flexibility index (Phi) is 1.77. The van der Waals surface area contributed by atoms with Crippen molar-refractivity contribution in [3.63, 3.8) is 0 Å². The van der Waals surface area contributed by atoms with Crippen LogP contribution in [0.3, 0.4) is 0 Å². The Balaban J connectivity index is 2.75. The molecule has 0 fully saturated rings. The monoisotopic (exact) mass is 195 g/mol. The third-order valence-electron chi connectivity index (χ3n) is 1.67. The summed E-state index contributed by atoms with van der Waals surface area (Å²) in [7, 11) is 0. The van der Waals surface area contributed by atoms with Crippen molar-refractivity contribution in [1.29, 1.82) is 0 Å². The minimum atomic E-state index is -0.0958. The highest BCUT2D eigenvalue weighted by molar-refractivity contribution is 6.29. The molecule has 2 heterocycles. The molecule has 0 radical (unpaired) electrons. The molecule has 0 saturated carbocycles. The average Bonchev–Trinajstić information content (AvgIpc) is 2.49. The number of Topliss-reactive ketones (excluding diaryl/α,β-unsaturated/α-hetero) is 1. The van der Waals surface area contributed by atoms with Gasteiger partial charge in [-0.3, -0.25) is 4.79 Å². The molecule has 0 atom stereocenters. The molecule has 13 heavy (non-hydrogen) atoms. The number of fused-ring (bicyclic) bond motifs is 1. The summed E-state index contributed by atoms with van der Waals surface area (Å²) >= 11 is 5.82. The first kappa shape index (κ1) is 8.19. The predicted octanol–water partition coefficient (Wildman–Crippen LogP) is 1.59. The lowest BCUT2D eigenvalue weighted by Crippen LogP contribution is -1.95. The normalized spacial score (nSPS) is 10.6. The van der Waals surface area contributed by atoms with Gasteiger partial charge in [0, 0.05) is 19.2 Å². The highest BCUT2D eigenvalue weighted by Gasteiger charge is 2.07. The molecule has 4 nitrogen and oxygen atoms in total. The Bertz CT molecular complexity index is 477. The van der Waals surface area contributed by atoms with Gasteiger partial charge in [-0.2, -0.15) is 5.10 Å². The topological polar surface area (TPSA) is 47.3 Å². The Morgan fingerprint density at radius 2 is 2.38 bits per heavy atom. The number of carbonyl (C=O) groups excluding carboxylic acids is 1. The van der Waals surface area contributed by atoms with Gasteiger partial charge < -0.3 is 0 Å². The van der Waals surface area contributed by atoms with Crippen LogP contribution in [0.25, 0.3) is 5.65 Å². The van der Waals surface area contributed by atoms with E-state index in [0.29, 0.717) is 16.5 Å². The summed E-state index contributed by atoms with van der Waals surface area (Å²) in [6, 6.07) is 3.22. The van der Waals surface area contributed by atoms with Crippen LogP contribution in [0, 0.1) is 0 Å². The molecule has 0 saturated heterocycles. The van der Waals surface area contributed by atoms with Gasteiger partial charge in [-0.05, 0) is 6.07 Å². The second-order valence-electron chi connectivity index (χ2n) is 2.62. The first-order valence-corrected chi connectivity index (χ1v) is 4.07. The predicted molar refractivity (Wildman–Crippen MR) is 48.0 cm³/mol. The van der Waals surface area contributed by atoms with Crippen LogP contribution >= 0.6 is 11.6 Å². The Hall–Kier alpha value is -1.42. The fourth-order valence-electron chi connectivity index (χ4n) is 1.04. The lowest BCUT2D eigenvalue weighted by atomic mass is 10.3. The maximum absolute atomic E-state index is 11.0. The summed E-state index contributed by atoms with van der Waals surface area (Å²) in [5.41, 5.74) is 0.957. The van der Waals surface area contributed by atoms with Gasteiger partial charge in [0.25, 0.3) is 0 Å². The lowest BCUT2D eigenvalue weighted by Gasteiger charge is -1.92. The van der Waals surface area contributed by atoms with Gasteiger partial charge in [-0.1, -0.05) is 11.6 Å². The van der Waals surface area contributed by atoms with Gasteiger partial charge in [-0.25, -0.2) is 9.50 Å². The van der Waals surface area contributed by atoms with Crippen molar-refractivity contribution in [3.8, 4) is 0 Å². The van der Waals surface area contributed by atoms with E-state index in [1.165, 1.54) is 11.4 Å². The minimum absolute atomic E-state index is 0.0958. The molecule has 0 aliphatic carbocycles. The zero-order chi connectivity index (χ0) is 9.42. The van der Waals surface area contributed by atoms with Crippen LogP contribution in [0.4, 0.5) is 0 Å². The van der Waals surface area contributed by atoms with Crippen LogP contribution in [0.5, 0.6) is 0 Å². The SMILES string of the molecule is CC(=O)c1cc2nccc(Cl)n2n1. The van der Waals surface area contributed by atoms with Gasteiger partial charge in [0.05, 0.1) is 0 Å². The number of nitrogens with zero attached hydrogens (tertiary/aromatic N) is 3. The number of ketones is 1. The van der Waals surface area contributed by atoms with Gasteiger partial charge in [0.1, 0.15) is 10.8 Å². The number of hydrogen-bond donors (Lipinski definition) is 0. The van der Waals surface area contributed by atoms with Gasteiger partial charge in [-0.15, -0.1) is 0 Å². The Morgan fingerprint density at radius 3 is 3.00 bits per heavy atom. The highest BCUT2D eigenvalue weighted by atomic mass is 35.5. The highest BCUT2D eigenvalue weighted by Crippen LogP contribution is 2.11. The first-order chi connectivity index (χ1) is 6.18. The van der Waals surface area contributed by atoms with Crippen molar-refractivity contribution in [1.82, 2.24) is 14.6 Å². The molecule has 0 aromatic carbocycles. The van der Waals surface area contributed by atoms with Crippen molar-refractivity contribution in [2.45, 2.75) is 6.92 Å². The zero-order valence-electron chi connectivity index (χ0n) is 6.86. The van der Waals surface area contributed by atoms with Crippen molar-refractivity contribution in [2.75, 3.05) is 0 Å². The number of halogens is 1. The van der Waals surface area contributed by atoms with E-state index in [0.717, 1.165) is 0 Å². The maximum Gasteiger partial charge on any atom is 0.180 e. The standard InChI is InChI=1S/C8H6ClN3O/c1-5(13)6-4-8-10-3-2-7(9)12(8)11-6/h2-4H,1H3. The van der Waals surface area contributed by atoms with Gasteiger partial charge in [0.2, 0.25) is 0 Å². The Labute approximate surface area is 79.2 Å². The van der Waals surface area contributed by atoms with Crippen molar-refractivity contribution >= 4 is 23.0 Å². The van der Waals surface area contributed by atoms with Crippen LogP contribution in [-0.4, -0.2) is 20.4 Å². The summed E-state index contributed by atoms with van der Waals surface area (Å²) in [5, 5.41) is 4.43. The summed E-state index contributed by atoms with van der Waals surface area (Å²) in [6.45, 7) is 1.45. The largest absolute Gasteiger partial charge is 0.293 e. The molecular weight excluding hydrogens is 190 g/mol. The van der Waals surface area contributed by atoms with Crippen LogP contribution in [0.2, 0.25) is 5.15 Å². The first-order valence-electron chi connectivity index (χ1n) is 3.70. The second kappa shape index (κ2) is 2.81. The molecule has 0 unspecified atom stereocenters.